The Balaban J connectivity index is 2.21. The molecular formula is C15H15N5O3. The largest absolute Gasteiger partial charge is 0.462 e. The van der Waals surface area contributed by atoms with Gasteiger partial charge in [0, 0.05) is 30.4 Å². The highest BCUT2D eigenvalue weighted by atomic mass is 16.5. The van der Waals surface area contributed by atoms with Gasteiger partial charge in [-0.1, -0.05) is 0 Å². The minimum absolute atomic E-state index is 0.142. The van der Waals surface area contributed by atoms with Crippen molar-refractivity contribution in [2.24, 2.45) is 5.73 Å². The molecule has 0 saturated carbocycles. The molecule has 0 fully saturated rings. The summed E-state index contributed by atoms with van der Waals surface area (Å²) < 4.78 is 4.76. The van der Waals surface area contributed by atoms with Gasteiger partial charge in [-0.3, -0.25) is 9.78 Å². The number of rotatable bonds is 6. The quantitative estimate of drug-likeness (QED) is 0.351. The van der Waals surface area contributed by atoms with Crippen LogP contribution in [-0.4, -0.2) is 33.4 Å². The number of esters is 1. The van der Waals surface area contributed by atoms with E-state index in [0.29, 0.717) is 11.6 Å². The summed E-state index contributed by atoms with van der Waals surface area (Å²) in [5, 5.41) is 2.75. The Morgan fingerprint density at radius 3 is 2.65 bits per heavy atom. The van der Waals surface area contributed by atoms with Crippen LogP contribution in [0.5, 0.6) is 0 Å². The number of primary amides is 1. The normalized spacial score (nSPS) is 10.9. The highest BCUT2D eigenvalue weighted by Crippen LogP contribution is 2.15. The monoisotopic (exact) mass is 313 g/mol. The minimum atomic E-state index is -0.889. The van der Waals surface area contributed by atoms with Crippen molar-refractivity contribution in [1.29, 1.82) is 0 Å². The van der Waals surface area contributed by atoms with E-state index in [1.54, 1.807) is 43.7 Å². The van der Waals surface area contributed by atoms with E-state index in [-0.39, 0.29) is 12.2 Å². The van der Waals surface area contributed by atoms with Gasteiger partial charge >= 0.3 is 5.97 Å². The molecule has 0 unspecified atom stereocenters. The van der Waals surface area contributed by atoms with Crippen molar-refractivity contribution in [3.8, 4) is 11.4 Å². The first-order chi connectivity index (χ1) is 11.1. The van der Waals surface area contributed by atoms with E-state index in [4.69, 9.17) is 10.5 Å². The van der Waals surface area contributed by atoms with Gasteiger partial charge in [0.15, 0.2) is 5.82 Å². The standard InChI is InChI=1S/C15H15N5O3/c1-2-23-15(22)11(13(16)21)9-19-12-5-8-18-14(20-12)10-3-6-17-7-4-10/h3-9H,2H2,1H3,(H2,16,21)(H,18,19,20)/b11-9+. The average Bonchev–Trinajstić information content (AvgIpc) is 2.56. The molecule has 8 nitrogen and oxygen atoms in total. The first-order valence-electron chi connectivity index (χ1n) is 6.79. The zero-order valence-electron chi connectivity index (χ0n) is 12.4. The lowest BCUT2D eigenvalue weighted by atomic mass is 10.2. The van der Waals surface area contributed by atoms with Crippen LogP contribution in [0.3, 0.4) is 0 Å². The Labute approximate surface area is 132 Å². The number of carbonyl (C=O) groups is 2. The molecule has 2 heterocycles. The molecule has 0 saturated heterocycles. The van der Waals surface area contributed by atoms with E-state index in [1.165, 1.54) is 6.20 Å². The van der Waals surface area contributed by atoms with Crippen molar-refractivity contribution in [3.05, 3.63) is 48.6 Å². The van der Waals surface area contributed by atoms with Crippen LogP contribution in [0.4, 0.5) is 5.82 Å². The molecule has 118 valence electrons. The molecule has 23 heavy (non-hydrogen) atoms. The van der Waals surface area contributed by atoms with Gasteiger partial charge in [-0.15, -0.1) is 0 Å². The Kier molecular flexibility index (Phi) is 5.35. The molecule has 1 amide bonds. The second-order valence-electron chi connectivity index (χ2n) is 4.29. The fraction of sp³-hybridized carbons (Fsp3) is 0.133. The molecule has 0 radical (unpaired) electrons. The van der Waals surface area contributed by atoms with E-state index in [0.717, 1.165) is 5.56 Å². The molecular weight excluding hydrogens is 298 g/mol. The van der Waals surface area contributed by atoms with Gasteiger partial charge in [0.25, 0.3) is 5.91 Å². The number of pyridine rings is 1. The molecule has 0 atom stereocenters. The van der Waals surface area contributed by atoms with Crippen LogP contribution < -0.4 is 11.1 Å². The van der Waals surface area contributed by atoms with Crippen molar-refractivity contribution in [2.75, 3.05) is 11.9 Å². The van der Waals surface area contributed by atoms with Gasteiger partial charge in [0.05, 0.1) is 6.61 Å². The van der Waals surface area contributed by atoms with Crippen molar-refractivity contribution in [2.45, 2.75) is 6.92 Å². The van der Waals surface area contributed by atoms with E-state index >= 15 is 0 Å². The van der Waals surface area contributed by atoms with Crippen LogP contribution in [0.1, 0.15) is 6.92 Å². The smallest absolute Gasteiger partial charge is 0.345 e. The highest BCUT2D eigenvalue weighted by Gasteiger charge is 2.16. The number of amides is 1. The topological polar surface area (TPSA) is 120 Å². The number of nitrogens with one attached hydrogen (secondary N) is 1. The maximum Gasteiger partial charge on any atom is 0.345 e. The first-order valence-corrected chi connectivity index (χ1v) is 6.79. The summed E-state index contributed by atoms with van der Waals surface area (Å²) in [5.41, 5.74) is 5.66. The number of nitrogens with zero attached hydrogens (tertiary/aromatic N) is 3. The Hall–Kier alpha value is -3.29. The number of ether oxygens (including phenoxy) is 1. The van der Waals surface area contributed by atoms with Crippen LogP contribution in [-0.2, 0) is 14.3 Å². The third kappa shape index (κ3) is 4.34. The van der Waals surface area contributed by atoms with Crippen LogP contribution >= 0.6 is 0 Å². The summed E-state index contributed by atoms with van der Waals surface area (Å²) in [7, 11) is 0. The molecule has 0 aliphatic carbocycles. The van der Waals surface area contributed by atoms with E-state index in [2.05, 4.69) is 20.3 Å². The van der Waals surface area contributed by atoms with Crippen LogP contribution in [0.2, 0.25) is 0 Å². The number of hydrogen-bond acceptors (Lipinski definition) is 7. The van der Waals surface area contributed by atoms with E-state index < -0.39 is 11.9 Å². The van der Waals surface area contributed by atoms with Crippen molar-refractivity contribution in [3.63, 3.8) is 0 Å². The van der Waals surface area contributed by atoms with Crippen LogP contribution in [0.15, 0.2) is 48.6 Å². The summed E-state index contributed by atoms with van der Waals surface area (Å²) >= 11 is 0. The summed E-state index contributed by atoms with van der Waals surface area (Å²) in [4.78, 5) is 35.3. The van der Waals surface area contributed by atoms with Gasteiger partial charge in [0.1, 0.15) is 11.4 Å². The van der Waals surface area contributed by atoms with Crippen LogP contribution in [0.25, 0.3) is 11.4 Å². The highest BCUT2D eigenvalue weighted by molar-refractivity contribution is 6.15. The lowest BCUT2D eigenvalue weighted by molar-refractivity contribution is -0.139. The molecule has 8 heteroatoms. The third-order valence-corrected chi connectivity index (χ3v) is 2.72. The second-order valence-corrected chi connectivity index (χ2v) is 4.29. The maximum atomic E-state index is 11.6. The molecule has 0 aromatic carbocycles. The third-order valence-electron chi connectivity index (χ3n) is 2.72. The van der Waals surface area contributed by atoms with E-state index in [9.17, 15) is 9.59 Å². The molecule has 2 aromatic rings. The van der Waals surface area contributed by atoms with Gasteiger partial charge < -0.3 is 15.8 Å². The fourth-order valence-corrected chi connectivity index (χ4v) is 1.66. The number of carbonyl (C=O) groups excluding carboxylic acids is 2. The molecule has 3 N–H and O–H groups in total. The lowest BCUT2D eigenvalue weighted by Crippen LogP contribution is -2.23. The summed E-state index contributed by atoms with van der Waals surface area (Å²) in [6, 6.07) is 5.12. The predicted octanol–water partition coefficient (Wildman–Crippen LogP) is 0.883. The minimum Gasteiger partial charge on any atom is -0.462 e. The number of nitrogens with two attached hydrogens (primary N) is 1. The summed E-state index contributed by atoms with van der Waals surface area (Å²) in [6.07, 6.45) is 5.97. The summed E-state index contributed by atoms with van der Waals surface area (Å²) in [6.45, 7) is 1.78. The zero-order chi connectivity index (χ0) is 16.7. The molecule has 0 aliphatic rings. The average molecular weight is 313 g/mol. The fourth-order valence-electron chi connectivity index (χ4n) is 1.66. The number of hydrogen-bond donors (Lipinski definition) is 2. The maximum absolute atomic E-state index is 11.6. The van der Waals surface area contributed by atoms with Gasteiger partial charge in [-0.25, -0.2) is 14.8 Å². The molecule has 2 rings (SSSR count). The summed E-state index contributed by atoms with van der Waals surface area (Å²) in [5.74, 6) is -0.812. The number of anilines is 1. The zero-order valence-corrected chi connectivity index (χ0v) is 12.4. The Morgan fingerprint density at radius 2 is 2.00 bits per heavy atom. The molecule has 0 spiro atoms. The Bertz CT molecular complexity index is 731. The Morgan fingerprint density at radius 1 is 1.26 bits per heavy atom. The van der Waals surface area contributed by atoms with E-state index in [1.807, 2.05) is 0 Å². The molecule has 2 aromatic heterocycles. The van der Waals surface area contributed by atoms with Gasteiger partial charge in [-0.05, 0) is 25.1 Å². The lowest BCUT2D eigenvalue weighted by Gasteiger charge is -2.06. The van der Waals surface area contributed by atoms with Crippen LogP contribution in [0, 0.1) is 0 Å². The van der Waals surface area contributed by atoms with Crippen molar-refractivity contribution < 1.29 is 14.3 Å². The van der Waals surface area contributed by atoms with Gasteiger partial charge in [0.2, 0.25) is 0 Å². The second kappa shape index (κ2) is 7.64. The SMILES string of the molecule is CCOC(=O)/C(=C/Nc1ccnc(-c2ccncc2)n1)C(N)=O. The van der Waals surface area contributed by atoms with Crippen molar-refractivity contribution >= 4 is 17.7 Å². The number of aromatic nitrogens is 3. The molecule has 0 aliphatic heterocycles. The van der Waals surface area contributed by atoms with Crippen molar-refractivity contribution in [1.82, 2.24) is 15.0 Å². The van der Waals surface area contributed by atoms with Gasteiger partial charge in [-0.2, -0.15) is 0 Å². The predicted molar refractivity (Wildman–Crippen MR) is 82.8 cm³/mol. The molecule has 0 bridgehead atoms. The first kappa shape index (κ1) is 16.1.